The van der Waals surface area contributed by atoms with Crippen molar-refractivity contribution in [2.45, 2.75) is 25.9 Å². The van der Waals surface area contributed by atoms with E-state index < -0.39 is 0 Å². The van der Waals surface area contributed by atoms with E-state index in [2.05, 4.69) is 17.1 Å². The summed E-state index contributed by atoms with van der Waals surface area (Å²) in [6.45, 7) is 3.67. The smallest absolute Gasteiger partial charge is 0.253 e. The highest BCUT2D eigenvalue weighted by atomic mass is 16.5. The van der Waals surface area contributed by atoms with Gasteiger partial charge in [0.1, 0.15) is 6.10 Å². The first-order valence-corrected chi connectivity index (χ1v) is 6.45. The highest BCUT2D eigenvalue weighted by Crippen LogP contribution is 2.25. The maximum absolute atomic E-state index is 12.0. The zero-order valence-corrected chi connectivity index (χ0v) is 11.0. The summed E-state index contributed by atoms with van der Waals surface area (Å²) < 4.78 is 5.39. The summed E-state index contributed by atoms with van der Waals surface area (Å²) in [5.41, 5.74) is 1.88. The average Bonchev–Trinajstić information content (AvgIpc) is 2.92. The monoisotopic (exact) mass is 248 g/mol. The molecule has 1 saturated heterocycles. The fourth-order valence-electron chi connectivity index (χ4n) is 2.08. The van der Waals surface area contributed by atoms with E-state index in [4.69, 9.17) is 4.74 Å². The van der Waals surface area contributed by atoms with Crippen molar-refractivity contribution in [2.24, 2.45) is 0 Å². The lowest BCUT2D eigenvalue weighted by Crippen LogP contribution is -2.28. The Labute approximate surface area is 108 Å². The van der Waals surface area contributed by atoms with Crippen molar-refractivity contribution in [1.82, 2.24) is 0 Å². The van der Waals surface area contributed by atoms with Gasteiger partial charge in [0, 0.05) is 20.2 Å². The van der Waals surface area contributed by atoms with Crippen molar-refractivity contribution in [2.75, 3.05) is 30.4 Å². The predicted molar refractivity (Wildman–Crippen MR) is 73.0 cm³/mol. The molecule has 1 atom stereocenters. The number of anilines is 2. The predicted octanol–water partition coefficient (Wildman–Crippen LogP) is 2.26. The number of hydrogen-bond acceptors (Lipinski definition) is 3. The number of carbonyl (C=O) groups excluding carboxylic acids is 1. The quantitative estimate of drug-likeness (QED) is 0.888. The van der Waals surface area contributed by atoms with Crippen molar-refractivity contribution < 1.29 is 9.53 Å². The molecule has 1 heterocycles. The topological polar surface area (TPSA) is 41.6 Å². The van der Waals surface area contributed by atoms with Crippen LogP contribution in [0.3, 0.4) is 0 Å². The van der Waals surface area contributed by atoms with Gasteiger partial charge in [-0.15, -0.1) is 0 Å². The van der Waals surface area contributed by atoms with Gasteiger partial charge in [-0.05, 0) is 31.9 Å². The van der Waals surface area contributed by atoms with Crippen LogP contribution >= 0.6 is 0 Å². The van der Waals surface area contributed by atoms with Crippen LogP contribution in [0.5, 0.6) is 0 Å². The highest BCUT2D eigenvalue weighted by molar-refractivity contribution is 5.97. The van der Waals surface area contributed by atoms with E-state index in [0.717, 1.165) is 30.8 Å². The number of hydrogen-bond donors (Lipinski definition) is 1. The van der Waals surface area contributed by atoms with Gasteiger partial charge in [0.25, 0.3) is 5.91 Å². The van der Waals surface area contributed by atoms with E-state index in [-0.39, 0.29) is 12.0 Å². The molecule has 4 nitrogen and oxygen atoms in total. The standard InChI is InChI=1S/C14H20N2O2/c1-3-16(2)12-8-5-4-7-11(12)15-14(17)13-9-6-10-18-13/h4-5,7-8,13H,3,6,9-10H2,1-2H3,(H,15,17). The number of amides is 1. The number of nitrogens with one attached hydrogen (secondary N) is 1. The third-order valence-electron chi connectivity index (χ3n) is 3.27. The summed E-state index contributed by atoms with van der Waals surface area (Å²) in [7, 11) is 2.01. The molecule has 1 N–H and O–H groups in total. The number of para-hydroxylation sites is 2. The van der Waals surface area contributed by atoms with Gasteiger partial charge in [-0.2, -0.15) is 0 Å². The maximum Gasteiger partial charge on any atom is 0.253 e. The van der Waals surface area contributed by atoms with Crippen molar-refractivity contribution in [1.29, 1.82) is 0 Å². The van der Waals surface area contributed by atoms with Crippen LogP contribution in [0, 0.1) is 0 Å². The molecule has 1 amide bonds. The molecule has 0 aliphatic carbocycles. The molecular formula is C14H20N2O2. The summed E-state index contributed by atoms with van der Waals surface area (Å²) >= 11 is 0. The molecule has 1 unspecified atom stereocenters. The van der Waals surface area contributed by atoms with Gasteiger partial charge in [-0.25, -0.2) is 0 Å². The highest BCUT2D eigenvalue weighted by Gasteiger charge is 2.24. The fourth-order valence-corrected chi connectivity index (χ4v) is 2.08. The molecule has 1 aliphatic heterocycles. The van der Waals surface area contributed by atoms with E-state index in [1.165, 1.54) is 0 Å². The molecule has 4 heteroatoms. The van der Waals surface area contributed by atoms with Crippen LogP contribution in [-0.2, 0) is 9.53 Å². The maximum atomic E-state index is 12.0. The molecule has 0 radical (unpaired) electrons. The molecule has 0 spiro atoms. The molecule has 18 heavy (non-hydrogen) atoms. The minimum atomic E-state index is -0.287. The molecule has 98 valence electrons. The first-order chi connectivity index (χ1) is 8.72. The lowest BCUT2D eigenvalue weighted by atomic mass is 10.2. The van der Waals surface area contributed by atoms with Gasteiger partial charge in [-0.1, -0.05) is 12.1 Å². The summed E-state index contributed by atoms with van der Waals surface area (Å²) in [5, 5.41) is 2.96. The van der Waals surface area contributed by atoms with Crippen molar-refractivity contribution in [3.63, 3.8) is 0 Å². The lowest BCUT2D eigenvalue weighted by molar-refractivity contribution is -0.124. The summed E-state index contributed by atoms with van der Waals surface area (Å²) in [6.07, 6.45) is 1.50. The Morgan fingerprint density at radius 3 is 2.94 bits per heavy atom. The SMILES string of the molecule is CCN(C)c1ccccc1NC(=O)C1CCCO1. The van der Waals surface area contributed by atoms with Gasteiger partial charge >= 0.3 is 0 Å². The number of carbonyl (C=O) groups is 1. The molecular weight excluding hydrogens is 228 g/mol. The van der Waals surface area contributed by atoms with Crippen molar-refractivity contribution in [3.05, 3.63) is 24.3 Å². The van der Waals surface area contributed by atoms with Gasteiger partial charge in [0.2, 0.25) is 0 Å². The zero-order valence-electron chi connectivity index (χ0n) is 11.0. The fraction of sp³-hybridized carbons (Fsp3) is 0.500. The van der Waals surface area contributed by atoms with Gasteiger partial charge in [0.05, 0.1) is 11.4 Å². The third-order valence-corrected chi connectivity index (χ3v) is 3.27. The number of ether oxygens (including phenoxy) is 1. The van der Waals surface area contributed by atoms with E-state index in [1.54, 1.807) is 0 Å². The molecule has 1 aromatic rings. The third kappa shape index (κ3) is 2.82. The van der Waals surface area contributed by atoms with Crippen LogP contribution in [0.15, 0.2) is 24.3 Å². The van der Waals surface area contributed by atoms with E-state index in [1.807, 2.05) is 31.3 Å². The van der Waals surface area contributed by atoms with E-state index >= 15 is 0 Å². The molecule has 0 saturated carbocycles. The second-order valence-electron chi connectivity index (χ2n) is 4.52. The Bertz CT molecular complexity index is 414. The van der Waals surface area contributed by atoms with E-state index in [0.29, 0.717) is 6.61 Å². The molecule has 0 aromatic heterocycles. The molecule has 0 bridgehead atoms. The van der Waals surface area contributed by atoms with Crippen LogP contribution in [0.4, 0.5) is 11.4 Å². The molecule has 1 aromatic carbocycles. The Hall–Kier alpha value is -1.55. The Kier molecular flexibility index (Phi) is 4.20. The summed E-state index contributed by atoms with van der Waals surface area (Å²) in [5.74, 6) is -0.0375. The number of rotatable bonds is 4. The minimum absolute atomic E-state index is 0.0375. The van der Waals surface area contributed by atoms with Crippen molar-refractivity contribution in [3.8, 4) is 0 Å². The second-order valence-corrected chi connectivity index (χ2v) is 4.52. The zero-order chi connectivity index (χ0) is 13.0. The second kappa shape index (κ2) is 5.87. The minimum Gasteiger partial charge on any atom is -0.373 e. The molecule has 1 aliphatic rings. The van der Waals surface area contributed by atoms with Crippen molar-refractivity contribution >= 4 is 17.3 Å². The van der Waals surface area contributed by atoms with Crippen LogP contribution in [0.25, 0.3) is 0 Å². The van der Waals surface area contributed by atoms with Gasteiger partial charge < -0.3 is 15.0 Å². The number of benzene rings is 1. The summed E-state index contributed by atoms with van der Waals surface area (Å²) in [6, 6.07) is 7.84. The normalized spacial score (nSPS) is 18.7. The lowest BCUT2D eigenvalue weighted by Gasteiger charge is -2.21. The van der Waals surface area contributed by atoms with Crippen LogP contribution in [0.1, 0.15) is 19.8 Å². The molecule has 2 rings (SSSR count). The molecule has 1 fully saturated rings. The van der Waals surface area contributed by atoms with Gasteiger partial charge in [-0.3, -0.25) is 4.79 Å². The summed E-state index contributed by atoms with van der Waals surface area (Å²) in [4.78, 5) is 14.1. The number of nitrogens with zero attached hydrogens (tertiary/aromatic N) is 1. The first kappa shape index (κ1) is 12.9. The van der Waals surface area contributed by atoms with E-state index in [9.17, 15) is 4.79 Å². The van der Waals surface area contributed by atoms with Gasteiger partial charge in [0.15, 0.2) is 0 Å². The van der Waals surface area contributed by atoms with Crippen LogP contribution in [-0.4, -0.2) is 32.2 Å². The first-order valence-electron chi connectivity index (χ1n) is 6.45. The van der Waals surface area contributed by atoms with Crippen LogP contribution < -0.4 is 10.2 Å². The largest absolute Gasteiger partial charge is 0.373 e. The van der Waals surface area contributed by atoms with Crippen LogP contribution in [0.2, 0.25) is 0 Å². The average molecular weight is 248 g/mol. The Balaban J connectivity index is 2.10. The Morgan fingerprint density at radius 1 is 1.50 bits per heavy atom. The Morgan fingerprint density at radius 2 is 2.28 bits per heavy atom.